The van der Waals surface area contributed by atoms with Crippen LogP contribution < -0.4 is 10.6 Å². The third-order valence-electron chi connectivity index (χ3n) is 9.73. The maximum atomic E-state index is 13.5. The molecular weight excluding hydrogens is 729 g/mol. The van der Waals surface area contributed by atoms with Crippen molar-refractivity contribution >= 4 is 46.7 Å². The molecule has 4 aromatic rings. The van der Waals surface area contributed by atoms with Gasteiger partial charge in [-0.25, -0.2) is 19.6 Å². The Bertz CT molecular complexity index is 1900. The van der Waals surface area contributed by atoms with Crippen molar-refractivity contribution in [2.24, 2.45) is 11.8 Å². The molecule has 0 bridgehead atoms. The topological polar surface area (TPSA) is 175 Å². The first-order valence-corrected chi connectivity index (χ1v) is 19.7. The highest BCUT2D eigenvalue weighted by Crippen LogP contribution is 2.36. The minimum absolute atomic E-state index is 0.107. The first kappa shape index (κ1) is 38.6. The van der Waals surface area contributed by atoms with Crippen LogP contribution in [0.3, 0.4) is 0 Å². The molecule has 0 aliphatic carbocycles. The van der Waals surface area contributed by atoms with Crippen LogP contribution in [0.5, 0.6) is 0 Å². The lowest BCUT2D eigenvalue weighted by Gasteiger charge is -2.30. The van der Waals surface area contributed by atoms with Crippen molar-refractivity contribution in [2.45, 2.75) is 77.5 Å². The molecule has 6 rings (SSSR count). The van der Waals surface area contributed by atoms with E-state index in [0.29, 0.717) is 24.7 Å². The molecule has 2 aliphatic rings. The van der Waals surface area contributed by atoms with Crippen LogP contribution in [0.15, 0.2) is 36.7 Å². The van der Waals surface area contributed by atoms with Gasteiger partial charge in [0.15, 0.2) is 0 Å². The summed E-state index contributed by atoms with van der Waals surface area (Å²) in [5.74, 6) is 7.50. The van der Waals surface area contributed by atoms with E-state index in [1.165, 1.54) is 14.2 Å². The van der Waals surface area contributed by atoms with Crippen LogP contribution in [0.4, 0.5) is 9.59 Å². The average molecular weight is 775 g/mol. The predicted octanol–water partition coefficient (Wildman–Crippen LogP) is 6.08. The van der Waals surface area contributed by atoms with Gasteiger partial charge >= 0.3 is 12.2 Å². The van der Waals surface area contributed by atoms with E-state index in [1.807, 2.05) is 52.0 Å². The molecule has 0 saturated carbocycles. The molecule has 4 aromatic heterocycles. The van der Waals surface area contributed by atoms with Crippen LogP contribution in [0.2, 0.25) is 0 Å². The summed E-state index contributed by atoms with van der Waals surface area (Å²) in [6, 6.07) is 6.19. The van der Waals surface area contributed by atoms with Gasteiger partial charge in [-0.1, -0.05) is 27.7 Å². The van der Waals surface area contributed by atoms with E-state index in [9.17, 15) is 19.2 Å². The van der Waals surface area contributed by atoms with Gasteiger partial charge in [0, 0.05) is 13.1 Å². The van der Waals surface area contributed by atoms with Crippen molar-refractivity contribution in [3.8, 4) is 33.0 Å². The highest BCUT2D eigenvalue weighted by molar-refractivity contribution is 7.16. The number of methoxy groups -OCH3 is 2. The number of likely N-dealkylation sites (tertiary alicyclic amines) is 2. The minimum Gasteiger partial charge on any atom is -0.453 e. The predicted molar refractivity (Wildman–Crippen MR) is 205 cm³/mol. The van der Waals surface area contributed by atoms with Crippen LogP contribution in [-0.4, -0.2) is 93.1 Å². The van der Waals surface area contributed by atoms with Crippen molar-refractivity contribution < 1.29 is 28.7 Å². The molecule has 0 aromatic carbocycles. The van der Waals surface area contributed by atoms with E-state index >= 15 is 0 Å². The molecule has 0 radical (unpaired) electrons. The summed E-state index contributed by atoms with van der Waals surface area (Å²) >= 11 is 3.11. The smallest absolute Gasteiger partial charge is 0.407 e. The number of H-pyrrole nitrogens is 2. The zero-order valence-corrected chi connectivity index (χ0v) is 32.9. The molecule has 4 atom stereocenters. The molecule has 4 amide bonds. The second-order valence-corrected chi connectivity index (χ2v) is 16.2. The van der Waals surface area contributed by atoms with E-state index in [2.05, 4.69) is 42.4 Å². The highest BCUT2D eigenvalue weighted by atomic mass is 32.1. The Morgan fingerprint density at radius 2 is 1.13 bits per heavy atom. The summed E-state index contributed by atoms with van der Waals surface area (Å²) in [4.78, 5) is 74.4. The quantitative estimate of drug-likeness (QED) is 0.140. The number of nitrogens with one attached hydrogen (secondary N) is 4. The second kappa shape index (κ2) is 16.9. The minimum atomic E-state index is -0.690. The van der Waals surface area contributed by atoms with Gasteiger partial charge in [0.2, 0.25) is 11.8 Å². The first-order chi connectivity index (χ1) is 26.0. The Morgan fingerprint density at radius 3 is 1.50 bits per heavy atom. The Kier molecular flexibility index (Phi) is 12.1. The highest BCUT2D eigenvalue weighted by Gasteiger charge is 2.39. The number of alkyl carbamates (subject to hydrolysis) is 2. The Balaban J connectivity index is 1.10. The fraction of sp³-hybridized carbons (Fsp3) is 0.474. The third kappa shape index (κ3) is 8.47. The number of hydrogen-bond donors (Lipinski definition) is 4. The molecule has 16 heteroatoms. The van der Waals surface area contributed by atoms with Gasteiger partial charge in [0.25, 0.3) is 0 Å². The summed E-state index contributed by atoms with van der Waals surface area (Å²) < 4.78 is 9.49. The SMILES string of the molecule is COC(=O)N[C@H](C(=O)N1CCC[C@H]1c1ncc(-c2ccc(C#Cc3ccc(-c4cnc([C@@H]5CCCN5C(=O)[C@@H](NC(=O)OC)C(C)C)[nH]4)s3)s2)[nH]1)C(C)C. The number of aromatic amines is 2. The molecule has 2 saturated heterocycles. The fourth-order valence-electron chi connectivity index (χ4n) is 6.87. The van der Waals surface area contributed by atoms with Crippen molar-refractivity contribution in [3.05, 3.63) is 58.1 Å². The van der Waals surface area contributed by atoms with E-state index in [4.69, 9.17) is 9.47 Å². The number of nitrogens with zero attached hydrogens (tertiary/aromatic N) is 4. The van der Waals surface area contributed by atoms with Crippen molar-refractivity contribution in [1.29, 1.82) is 0 Å². The number of amides is 4. The number of carbonyl (C=O) groups excluding carboxylic acids is 4. The van der Waals surface area contributed by atoms with Crippen LogP contribution in [0, 0.1) is 23.7 Å². The third-order valence-corrected chi connectivity index (χ3v) is 11.8. The Morgan fingerprint density at radius 1 is 0.722 bits per heavy atom. The largest absolute Gasteiger partial charge is 0.453 e. The average Bonchev–Trinajstić information content (AvgIpc) is 4.01. The maximum absolute atomic E-state index is 13.5. The van der Waals surface area contributed by atoms with E-state index < -0.39 is 24.3 Å². The van der Waals surface area contributed by atoms with Gasteiger partial charge in [-0.05, 0) is 73.6 Å². The fourth-order valence-corrected chi connectivity index (χ4v) is 8.52. The maximum Gasteiger partial charge on any atom is 0.407 e. The lowest BCUT2D eigenvalue weighted by atomic mass is 10.0. The number of aromatic nitrogens is 4. The molecule has 54 heavy (non-hydrogen) atoms. The van der Waals surface area contributed by atoms with Gasteiger partial charge in [-0.2, -0.15) is 0 Å². The molecule has 4 N–H and O–H groups in total. The second-order valence-electron chi connectivity index (χ2n) is 14.0. The standard InChI is InChI=1S/C38H46N8O6S2/c1-21(2)31(43-37(49)51-5)35(47)45-17-7-9-27(45)33-39-19-25(41-33)29-15-13-23(53-29)11-12-24-14-16-30(54-24)26-20-40-34(42-26)28-10-8-18-46(28)36(48)32(22(3)4)44-38(50)52-6/h13-16,19-22,27-28,31-32H,7-10,17-18H2,1-6H3,(H,39,41)(H,40,42)(H,43,49)(H,44,50)/t27-,28-,31-,32-/m0/s1. The number of hydrogen-bond acceptors (Lipinski definition) is 10. The van der Waals surface area contributed by atoms with Crippen LogP contribution in [0.25, 0.3) is 21.1 Å². The zero-order valence-electron chi connectivity index (χ0n) is 31.2. The summed E-state index contributed by atoms with van der Waals surface area (Å²) in [6.45, 7) is 8.76. The number of carbonyl (C=O) groups is 4. The number of rotatable bonds is 10. The van der Waals surface area contributed by atoms with Gasteiger partial charge in [0.05, 0.1) is 69.6 Å². The first-order valence-electron chi connectivity index (χ1n) is 18.1. The van der Waals surface area contributed by atoms with Gasteiger partial charge < -0.3 is 39.9 Å². The molecule has 14 nitrogen and oxygen atoms in total. The summed E-state index contributed by atoms with van der Waals surface area (Å²) in [7, 11) is 2.57. The lowest BCUT2D eigenvalue weighted by Crippen LogP contribution is -2.51. The Labute approximate surface area is 322 Å². The zero-order chi connectivity index (χ0) is 38.5. The molecule has 2 aliphatic heterocycles. The lowest BCUT2D eigenvalue weighted by molar-refractivity contribution is -0.136. The summed E-state index contributed by atoms with van der Waals surface area (Å²) in [6.07, 6.45) is 5.57. The molecule has 0 unspecified atom stereocenters. The van der Waals surface area contributed by atoms with E-state index in [1.54, 1.807) is 44.9 Å². The summed E-state index contributed by atoms with van der Waals surface area (Å²) in [5, 5.41) is 5.37. The summed E-state index contributed by atoms with van der Waals surface area (Å²) in [5.41, 5.74) is 1.71. The van der Waals surface area contributed by atoms with E-state index in [0.717, 1.165) is 56.6 Å². The normalized spacial score (nSPS) is 18.0. The molecule has 0 spiro atoms. The van der Waals surface area contributed by atoms with E-state index in [-0.39, 0.29) is 35.7 Å². The Hall–Kier alpha value is -5.14. The van der Waals surface area contributed by atoms with Crippen LogP contribution >= 0.6 is 22.7 Å². The molecular formula is C38H46N8O6S2. The molecule has 286 valence electrons. The number of ether oxygens (including phenoxy) is 2. The van der Waals surface area contributed by atoms with Gasteiger partial charge in [-0.3, -0.25) is 9.59 Å². The van der Waals surface area contributed by atoms with Gasteiger partial charge in [0.1, 0.15) is 23.7 Å². The van der Waals surface area contributed by atoms with Crippen LogP contribution in [0.1, 0.15) is 86.9 Å². The number of thiophene rings is 2. The van der Waals surface area contributed by atoms with Gasteiger partial charge in [-0.15, -0.1) is 22.7 Å². The molecule has 2 fully saturated rings. The number of imidazole rings is 2. The molecule has 6 heterocycles. The van der Waals surface area contributed by atoms with Crippen LogP contribution in [-0.2, 0) is 19.1 Å². The van der Waals surface area contributed by atoms with Crippen molar-refractivity contribution in [2.75, 3.05) is 27.3 Å². The van der Waals surface area contributed by atoms with Crippen molar-refractivity contribution in [1.82, 2.24) is 40.4 Å². The monoisotopic (exact) mass is 774 g/mol. The van der Waals surface area contributed by atoms with Crippen molar-refractivity contribution in [3.63, 3.8) is 0 Å².